The van der Waals surface area contributed by atoms with E-state index in [1.54, 1.807) is 25.1 Å². The standard InChI is InChI=1S/C32H33FN4O4/c1-21-14-24(6-9-28(21)33)36-32-27-16-23(22(17-29(27)34-20-35-32)4-3-11-39-26-7-8-26)15-25(38)5-2-10-37-18-30-31(19-37)41-13-12-40-30/h2,5-6,9,14,16-17,20,26,30-31H,7-8,10-13,15,18-19H2,1H3,(H,34,35,36)/b5-2+. The first-order valence-electron chi connectivity index (χ1n) is 14.1. The van der Waals surface area contributed by atoms with Gasteiger partial charge in [0.1, 0.15) is 24.6 Å². The lowest BCUT2D eigenvalue weighted by molar-refractivity contribution is -0.116. The molecule has 1 N–H and O–H groups in total. The van der Waals surface area contributed by atoms with Crippen molar-refractivity contribution in [3.63, 3.8) is 0 Å². The summed E-state index contributed by atoms with van der Waals surface area (Å²) in [4.78, 5) is 24.2. The second kappa shape index (κ2) is 12.5. The molecule has 2 saturated heterocycles. The highest BCUT2D eigenvalue weighted by Crippen LogP contribution is 2.28. The predicted octanol–water partition coefficient (Wildman–Crippen LogP) is 4.12. The van der Waals surface area contributed by atoms with Gasteiger partial charge in [-0.1, -0.05) is 17.9 Å². The fraction of sp³-hybridized carbons (Fsp3) is 0.406. The number of benzene rings is 2. The zero-order valence-electron chi connectivity index (χ0n) is 23.1. The third kappa shape index (κ3) is 6.97. The summed E-state index contributed by atoms with van der Waals surface area (Å²) < 4.78 is 31.1. The summed E-state index contributed by atoms with van der Waals surface area (Å²) in [5.74, 6) is 6.57. The summed E-state index contributed by atoms with van der Waals surface area (Å²) >= 11 is 0. The molecule has 0 amide bonds. The highest BCUT2D eigenvalue weighted by molar-refractivity contribution is 5.96. The number of anilines is 2. The number of rotatable bonds is 9. The number of fused-ring (bicyclic) bond motifs is 2. The number of allylic oxidation sites excluding steroid dienone is 1. The van der Waals surface area contributed by atoms with Gasteiger partial charge < -0.3 is 19.5 Å². The van der Waals surface area contributed by atoms with E-state index in [0.29, 0.717) is 55.1 Å². The summed E-state index contributed by atoms with van der Waals surface area (Å²) in [7, 11) is 0. The smallest absolute Gasteiger partial charge is 0.159 e. The zero-order chi connectivity index (χ0) is 28.2. The molecule has 2 aromatic carbocycles. The van der Waals surface area contributed by atoms with E-state index in [4.69, 9.17) is 14.2 Å². The van der Waals surface area contributed by atoms with E-state index < -0.39 is 0 Å². The number of likely N-dealkylation sites (tertiary alicyclic amines) is 1. The Bertz CT molecular complexity index is 1510. The largest absolute Gasteiger partial charge is 0.372 e. The molecule has 3 heterocycles. The van der Waals surface area contributed by atoms with Crippen LogP contribution < -0.4 is 5.32 Å². The molecule has 0 radical (unpaired) electrons. The minimum atomic E-state index is -0.268. The Morgan fingerprint density at radius 1 is 1.17 bits per heavy atom. The lowest BCUT2D eigenvalue weighted by Crippen LogP contribution is -2.36. The van der Waals surface area contributed by atoms with Gasteiger partial charge in [-0.2, -0.15) is 0 Å². The molecule has 1 aliphatic carbocycles. The number of nitrogens with zero attached hydrogens (tertiary/aromatic N) is 3. The fourth-order valence-electron chi connectivity index (χ4n) is 5.16. The maximum absolute atomic E-state index is 13.8. The van der Waals surface area contributed by atoms with Gasteiger partial charge in [-0.25, -0.2) is 14.4 Å². The third-order valence-corrected chi connectivity index (χ3v) is 7.49. The van der Waals surface area contributed by atoms with Crippen molar-refractivity contribution < 1.29 is 23.4 Å². The highest BCUT2D eigenvalue weighted by atomic mass is 19.1. The van der Waals surface area contributed by atoms with Crippen molar-refractivity contribution in [1.29, 1.82) is 0 Å². The third-order valence-electron chi connectivity index (χ3n) is 7.49. The molecule has 2 atom stereocenters. The molecule has 3 aliphatic rings. The first kappa shape index (κ1) is 27.5. The molecule has 1 aromatic heterocycles. The minimum Gasteiger partial charge on any atom is -0.372 e. The molecular formula is C32H33FN4O4. The van der Waals surface area contributed by atoms with Gasteiger partial charge in [0.2, 0.25) is 0 Å². The van der Waals surface area contributed by atoms with E-state index in [-0.39, 0.29) is 30.2 Å². The van der Waals surface area contributed by atoms with Crippen LogP contribution in [-0.2, 0) is 25.4 Å². The van der Waals surface area contributed by atoms with Gasteiger partial charge in [0.05, 0.1) is 37.0 Å². The lowest BCUT2D eigenvalue weighted by atomic mass is 9.99. The molecule has 8 nitrogen and oxygen atoms in total. The first-order chi connectivity index (χ1) is 20.0. The Balaban J connectivity index is 1.21. The second-order valence-corrected chi connectivity index (χ2v) is 10.7. The molecule has 1 saturated carbocycles. The van der Waals surface area contributed by atoms with Crippen LogP contribution in [0.1, 0.15) is 29.5 Å². The number of carbonyl (C=O) groups excluding carboxylic acids is 1. The lowest BCUT2D eigenvalue weighted by Gasteiger charge is -2.24. The second-order valence-electron chi connectivity index (χ2n) is 10.7. The summed E-state index contributed by atoms with van der Waals surface area (Å²) in [5.41, 5.74) is 3.46. The van der Waals surface area contributed by atoms with E-state index in [2.05, 4.69) is 32.0 Å². The molecule has 2 aliphatic heterocycles. The maximum Gasteiger partial charge on any atom is 0.159 e. The minimum absolute atomic E-state index is 0.0220. The molecule has 0 bridgehead atoms. The van der Waals surface area contributed by atoms with E-state index in [1.807, 2.05) is 18.2 Å². The van der Waals surface area contributed by atoms with Crippen LogP contribution in [0.15, 0.2) is 48.8 Å². The van der Waals surface area contributed by atoms with Gasteiger partial charge in [0.15, 0.2) is 5.78 Å². The molecule has 212 valence electrons. The number of ketones is 1. The predicted molar refractivity (Wildman–Crippen MR) is 154 cm³/mol. The summed E-state index contributed by atoms with van der Waals surface area (Å²) in [6, 6.07) is 8.63. The van der Waals surface area contributed by atoms with Crippen LogP contribution in [0.5, 0.6) is 0 Å². The van der Waals surface area contributed by atoms with Crippen LogP contribution in [-0.4, -0.2) is 78.4 Å². The van der Waals surface area contributed by atoms with Crippen LogP contribution in [0, 0.1) is 24.6 Å². The number of hydrogen-bond donors (Lipinski definition) is 1. The number of carbonyl (C=O) groups is 1. The Labute approximate surface area is 238 Å². The Morgan fingerprint density at radius 3 is 2.73 bits per heavy atom. The summed E-state index contributed by atoms with van der Waals surface area (Å²) in [6.07, 6.45) is 7.92. The van der Waals surface area contributed by atoms with Crippen molar-refractivity contribution in [2.24, 2.45) is 0 Å². The fourth-order valence-corrected chi connectivity index (χ4v) is 5.16. The number of hydrogen-bond acceptors (Lipinski definition) is 8. The quantitative estimate of drug-likeness (QED) is 0.311. The van der Waals surface area contributed by atoms with E-state index in [0.717, 1.165) is 42.4 Å². The topological polar surface area (TPSA) is 85.8 Å². The van der Waals surface area contributed by atoms with E-state index in [9.17, 15) is 9.18 Å². The number of aryl methyl sites for hydroxylation is 1. The highest BCUT2D eigenvalue weighted by Gasteiger charge is 2.35. The van der Waals surface area contributed by atoms with Crippen molar-refractivity contribution >= 4 is 28.2 Å². The molecule has 2 unspecified atom stereocenters. The monoisotopic (exact) mass is 556 g/mol. The molecule has 41 heavy (non-hydrogen) atoms. The van der Waals surface area contributed by atoms with Gasteiger partial charge in [-0.15, -0.1) is 0 Å². The average molecular weight is 557 g/mol. The van der Waals surface area contributed by atoms with Crippen LogP contribution in [0.3, 0.4) is 0 Å². The van der Waals surface area contributed by atoms with Crippen molar-refractivity contribution in [1.82, 2.24) is 14.9 Å². The van der Waals surface area contributed by atoms with Crippen LogP contribution in [0.25, 0.3) is 10.9 Å². The van der Waals surface area contributed by atoms with Crippen molar-refractivity contribution in [3.8, 4) is 11.8 Å². The molecule has 9 heteroatoms. The van der Waals surface area contributed by atoms with Crippen LogP contribution in [0.2, 0.25) is 0 Å². The van der Waals surface area contributed by atoms with Crippen molar-refractivity contribution in [2.75, 3.05) is 44.8 Å². The number of nitrogens with one attached hydrogen (secondary N) is 1. The molecule has 0 spiro atoms. The van der Waals surface area contributed by atoms with Crippen LogP contribution >= 0.6 is 0 Å². The summed E-state index contributed by atoms with van der Waals surface area (Å²) in [5, 5.41) is 4.03. The van der Waals surface area contributed by atoms with Crippen molar-refractivity contribution in [3.05, 3.63) is 71.3 Å². The van der Waals surface area contributed by atoms with E-state index >= 15 is 0 Å². The van der Waals surface area contributed by atoms with Crippen LogP contribution in [0.4, 0.5) is 15.9 Å². The number of ether oxygens (including phenoxy) is 3. The maximum atomic E-state index is 13.8. The Hall–Kier alpha value is -3.68. The first-order valence-corrected chi connectivity index (χ1v) is 14.1. The van der Waals surface area contributed by atoms with Crippen molar-refractivity contribution in [2.45, 2.75) is 44.5 Å². The van der Waals surface area contributed by atoms with Gasteiger partial charge >= 0.3 is 0 Å². The Morgan fingerprint density at radius 2 is 1.98 bits per heavy atom. The molecule has 6 rings (SSSR count). The molecule has 3 aromatic rings. The van der Waals surface area contributed by atoms with Gasteiger partial charge in [0.25, 0.3) is 0 Å². The van der Waals surface area contributed by atoms with Gasteiger partial charge in [0, 0.05) is 42.7 Å². The van der Waals surface area contributed by atoms with Gasteiger partial charge in [-0.05, 0) is 67.3 Å². The summed E-state index contributed by atoms with van der Waals surface area (Å²) in [6.45, 7) is 5.61. The zero-order valence-corrected chi connectivity index (χ0v) is 23.1. The average Bonchev–Trinajstić information content (AvgIpc) is 3.70. The Kier molecular flexibility index (Phi) is 8.35. The number of halogens is 1. The molecule has 3 fully saturated rings. The SMILES string of the molecule is Cc1cc(Nc2ncnc3cc(C#CCOC4CC4)c(CC(=O)/C=C/CN4CC5OCCOC5C4)cc23)ccc1F. The normalized spacial score (nSPS) is 20.6. The van der Waals surface area contributed by atoms with E-state index in [1.165, 1.54) is 12.4 Å². The number of aromatic nitrogens is 2. The van der Waals surface area contributed by atoms with Gasteiger partial charge in [-0.3, -0.25) is 9.69 Å². The molecular weight excluding hydrogens is 523 g/mol.